The summed E-state index contributed by atoms with van der Waals surface area (Å²) < 4.78 is 13.3. The molecular weight excluding hydrogens is 233 g/mol. The van der Waals surface area contributed by atoms with Gasteiger partial charge in [-0.15, -0.1) is 0 Å². The first-order valence-electron chi connectivity index (χ1n) is 6.01. The van der Waals surface area contributed by atoms with Crippen LogP contribution in [0.2, 0.25) is 0 Å². The summed E-state index contributed by atoms with van der Waals surface area (Å²) in [5.74, 6) is -0.0745. The van der Waals surface area contributed by atoms with Crippen molar-refractivity contribution >= 4 is 0 Å². The van der Waals surface area contributed by atoms with Gasteiger partial charge in [0.15, 0.2) is 11.6 Å². The second kappa shape index (κ2) is 4.42. The molecule has 0 bridgehead atoms. The van der Waals surface area contributed by atoms with Crippen LogP contribution in [0.25, 0.3) is 11.3 Å². The molecule has 4 nitrogen and oxygen atoms in total. The van der Waals surface area contributed by atoms with E-state index in [0.717, 1.165) is 30.9 Å². The molecule has 0 saturated carbocycles. The van der Waals surface area contributed by atoms with Crippen molar-refractivity contribution in [1.82, 2.24) is 15.3 Å². The Hall–Kier alpha value is -1.88. The second-order valence-corrected chi connectivity index (χ2v) is 4.50. The molecule has 18 heavy (non-hydrogen) atoms. The van der Waals surface area contributed by atoms with Gasteiger partial charge in [-0.3, -0.25) is 0 Å². The summed E-state index contributed by atoms with van der Waals surface area (Å²) in [5.41, 5.74) is 1.44. The number of aromatic amines is 1. The van der Waals surface area contributed by atoms with Gasteiger partial charge in [-0.25, -0.2) is 9.37 Å². The standard InChI is InChI=1S/C13H14FN3O/c14-9-6-8(3-4-12(9)18)11-7-16-13(17-11)10-2-1-5-15-10/h3-4,6-7,10,15,18H,1-2,5H2,(H,16,17). The zero-order chi connectivity index (χ0) is 12.5. The predicted octanol–water partition coefficient (Wildman–Crippen LogP) is 2.35. The molecule has 2 heterocycles. The van der Waals surface area contributed by atoms with Crippen molar-refractivity contribution in [3.63, 3.8) is 0 Å². The van der Waals surface area contributed by atoms with Gasteiger partial charge >= 0.3 is 0 Å². The van der Waals surface area contributed by atoms with Gasteiger partial charge in [0.05, 0.1) is 17.9 Å². The van der Waals surface area contributed by atoms with Crippen molar-refractivity contribution < 1.29 is 9.50 Å². The highest BCUT2D eigenvalue weighted by Crippen LogP contribution is 2.26. The van der Waals surface area contributed by atoms with Crippen molar-refractivity contribution in [2.75, 3.05) is 6.54 Å². The van der Waals surface area contributed by atoms with E-state index in [1.54, 1.807) is 12.3 Å². The van der Waals surface area contributed by atoms with Gasteiger partial charge in [0.2, 0.25) is 0 Å². The number of phenols is 1. The average molecular weight is 247 g/mol. The van der Waals surface area contributed by atoms with E-state index in [1.165, 1.54) is 12.1 Å². The van der Waals surface area contributed by atoms with E-state index in [1.807, 2.05) is 0 Å². The monoisotopic (exact) mass is 247 g/mol. The Morgan fingerprint density at radius 2 is 2.28 bits per heavy atom. The number of nitrogens with zero attached hydrogens (tertiary/aromatic N) is 1. The lowest BCUT2D eigenvalue weighted by atomic mass is 10.1. The molecule has 0 radical (unpaired) electrons. The van der Waals surface area contributed by atoms with E-state index in [-0.39, 0.29) is 11.8 Å². The molecule has 0 aliphatic carbocycles. The zero-order valence-corrected chi connectivity index (χ0v) is 9.78. The number of hydrogen-bond donors (Lipinski definition) is 3. The van der Waals surface area contributed by atoms with Crippen molar-refractivity contribution in [1.29, 1.82) is 0 Å². The first-order chi connectivity index (χ1) is 8.74. The number of H-pyrrole nitrogens is 1. The molecule has 5 heteroatoms. The van der Waals surface area contributed by atoms with Crippen LogP contribution >= 0.6 is 0 Å². The summed E-state index contributed by atoms with van der Waals surface area (Å²) in [4.78, 5) is 7.52. The van der Waals surface area contributed by atoms with Gasteiger partial charge in [-0.1, -0.05) is 0 Å². The molecule has 1 aromatic carbocycles. The molecule has 0 spiro atoms. The Bertz CT molecular complexity index is 561. The van der Waals surface area contributed by atoms with E-state index in [9.17, 15) is 4.39 Å². The van der Waals surface area contributed by atoms with Crippen LogP contribution in [0, 0.1) is 5.82 Å². The summed E-state index contributed by atoms with van der Waals surface area (Å²) in [5, 5.41) is 12.5. The van der Waals surface area contributed by atoms with Gasteiger partial charge in [0.25, 0.3) is 0 Å². The lowest BCUT2D eigenvalue weighted by molar-refractivity contribution is 0.432. The van der Waals surface area contributed by atoms with Gasteiger partial charge in [-0.05, 0) is 37.6 Å². The third kappa shape index (κ3) is 1.97. The van der Waals surface area contributed by atoms with Gasteiger partial charge in [0, 0.05) is 5.56 Å². The highest BCUT2D eigenvalue weighted by atomic mass is 19.1. The van der Waals surface area contributed by atoms with Crippen molar-refractivity contribution in [3.8, 4) is 17.0 Å². The summed E-state index contributed by atoms with van der Waals surface area (Å²) in [6.07, 6.45) is 3.91. The summed E-state index contributed by atoms with van der Waals surface area (Å²) >= 11 is 0. The molecule has 2 aromatic rings. The molecule has 3 N–H and O–H groups in total. The fourth-order valence-corrected chi connectivity index (χ4v) is 2.25. The number of rotatable bonds is 2. The maximum Gasteiger partial charge on any atom is 0.165 e. The third-order valence-electron chi connectivity index (χ3n) is 3.24. The molecule has 1 aliphatic rings. The SMILES string of the molecule is Oc1ccc(-c2cnc(C3CCCN3)[nH]2)cc1F. The largest absolute Gasteiger partial charge is 0.505 e. The molecule has 1 saturated heterocycles. The van der Waals surface area contributed by atoms with Crippen LogP contribution in [-0.2, 0) is 0 Å². The van der Waals surface area contributed by atoms with Crippen LogP contribution in [0.5, 0.6) is 5.75 Å². The number of aromatic hydroxyl groups is 1. The van der Waals surface area contributed by atoms with E-state index in [2.05, 4.69) is 15.3 Å². The van der Waals surface area contributed by atoms with Crippen molar-refractivity contribution in [2.24, 2.45) is 0 Å². The summed E-state index contributed by atoms with van der Waals surface area (Å²) in [7, 11) is 0. The smallest absolute Gasteiger partial charge is 0.165 e. The lowest BCUT2D eigenvalue weighted by Crippen LogP contribution is -2.14. The van der Waals surface area contributed by atoms with Crippen LogP contribution in [0.4, 0.5) is 4.39 Å². The van der Waals surface area contributed by atoms with Crippen molar-refractivity contribution in [2.45, 2.75) is 18.9 Å². The predicted molar refractivity (Wildman–Crippen MR) is 65.6 cm³/mol. The summed E-state index contributed by atoms with van der Waals surface area (Å²) in [6.45, 7) is 1.01. The number of imidazole rings is 1. The number of benzene rings is 1. The number of hydrogen-bond acceptors (Lipinski definition) is 3. The third-order valence-corrected chi connectivity index (χ3v) is 3.24. The topological polar surface area (TPSA) is 60.9 Å². The molecule has 1 atom stereocenters. The zero-order valence-electron chi connectivity index (χ0n) is 9.78. The first kappa shape index (κ1) is 11.2. The van der Waals surface area contributed by atoms with Gasteiger partial charge < -0.3 is 15.4 Å². The van der Waals surface area contributed by atoms with Crippen LogP contribution in [-0.4, -0.2) is 21.6 Å². The highest BCUT2D eigenvalue weighted by Gasteiger charge is 2.19. The van der Waals surface area contributed by atoms with Crippen LogP contribution in [0.1, 0.15) is 24.7 Å². The maximum absolute atomic E-state index is 13.3. The highest BCUT2D eigenvalue weighted by molar-refractivity contribution is 5.59. The second-order valence-electron chi connectivity index (χ2n) is 4.50. The van der Waals surface area contributed by atoms with Crippen LogP contribution in [0.15, 0.2) is 24.4 Å². The van der Waals surface area contributed by atoms with E-state index < -0.39 is 5.82 Å². The number of aromatic nitrogens is 2. The number of nitrogens with one attached hydrogen (secondary N) is 2. The molecule has 94 valence electrons. The maximum atomic E-state index is 13.3. The molecule has 1 fully saturated rings. The minimum atomic E-state index is -0.623. The number of phenolic OH excluding ortho intramolecular Hbond substituents is 1. The fourth-order valence-electron chi connectivity index (χ4n) is 2.25. The Balaban J connectivity index is 1.89. The Labute approximate surface area is 104 Å². The number of halogens is 1. The molecular formula is C13H14FN3O. The van der Waals surface area contributed by atoms with E-state index in [4.69, 9.17) is 5.11 Å². The molecule has 1 unspecified atom stereocenters. The first-order valence-corrected chi connectivity index (χ1v) is 6.01. The lowest BCUT2D eigenvalue weighted by Gasteiger charge is -2.05. The van der Waals surface area contributed by atoms with Gasteiger partial charge in [-0.2, -0.15) is 0 Å². The van der Waals surface area contributed by atoms with Crippen molar-refractivity contribution in [3.05, 3.63) is 36.0 Å². The molecule has 3 rings (SSSR count). The Kier molecular flexibility index (Phi) is 2.76. The van der Waals surface area contributed by atoms with Gasteiger partial charge in [0.1, 0.15) is 5.82 Å². The normalized spacial score (nSPS) is 19.3. The molecule has 1 aromatic heterocycles. The molecule has 1 aliphatic heterocycles. The van der Waals surface area contributed by atoms with E-state index >= 15 is 0 Å². The molecule has 0 amide bonds. The van der Waals surface area contributed by atoms with Crippen LogP contribution < -0.4 is 5.32 Å². The van der Waals surface area contributed by atoms with Crippen LogP contribution in [0.3, 0.4) is 0 Å². The Morgan fingerprint density at radius 3 is 3.00 bits per heavy atom. The Morgan fingerprint density at radius 1 is 1.39 bits per heavy atom. The summed E-state index contributed by atoms with van der Waals surface area (Å²) in [6, 6.07) is 4.58. The van der Waals surface area contributed by atoms with E-state index in [0.29, 0.717) is 5.56 Å². The fraction of sp³-hybridized carbons (Fsp3) is 0.308. The quantitative estimate of drug-likeness (QED) is 0.763. The minimum absolute atomic E-state index is 0.265. The minimum Gasteiger partial charge on any atom is -0.505 e. The average Bonchev–Trinajstić information content (AvgIpc) is 3.01.